The van der Waals surface area contributed by atoms with E-state index in [9.17, 15) is 13.2 Å². The van der Waals surface area contributed by atoms with Gasteiger partial charge in [0.1, 0.15) is 6.54 Å². The maximum absolute atomic E-state index is 12.9. The van der Waals surface area contributed by atoms with Crippen molar-refractivity contribution in [3.8, 4) is 0 Å². The SMILES string of the molecule is NNC(=O)CN(c1ccc(Cl)cc1Cl)S(=O)(=O)c1ccc(Cl)cc1. The number of anilines is 1. The van der Waals surface area contributed by atoms with Crippen molar-refractivity contribution in [3.05, 3.63) is 57.5 Å². The first-order valence-corrected chi connectivity index (χ1v) is 9.06. The molecule has 24 heavy (non-hydrogen) atoms. The Morgan fingerprint density at radius 3 is 2.17 bits per heavy atom. The molecule has 6 nitrogen and oxygen atoms in total. The Bertz CT molecular complexity index is 857. The molecule has 0 aliphatic heterocycles. The highest BCUT2D eigenvalue weighted by atomic mass is 35.5. The molecule has 0 bridgehead atoms. The zero-order valence-corrected chi connectivity index (χ0v) is 15.1. The average molecular weight is 409 g/mol. The van der Waals surface area contributed by atoms with Crippen LogP contribution in [-0.4, -0.2) is 20.9 Å². The molecule has 0 saturated carbocycles. The lowest BCUT2D eigenvalue weighted by molar-refractivity contribution is -0.119. The molecule has 2 rings (SSSR count). The lowest BCUT2D eigenvalue weighted by Crippen LogP contribution is -2.43. The molecule has 0 saturated heterocycles. The van der Waals surface area contributed by atoms with E-state index in [1.807, 2.05) is 5.43 Å². The van der Waals surface area contributed by atoms with Gasteiger partial charge in [-0.3, -0.25) is 14.5 Å². The number of nitrogens with one attached hydrogen (secondary N) is 1. The number of sulfonamides is 1. The van der Waals surface area contributed by atoms with E-state index in [-0.39, 0.29) is 15.6 Å². The third-order valence-electron chi connectivity index (χ3n) is 3.03. The molecule has 0 heterocycles. The second-order valence-electron chi connectivity index (χ2n) is 4.63. The molecule has 0 spiro atoms. The monoisotopic (exact) mass is 407 g/mol. The van der Waals surface area contributed by atoms with Gasteiger partial charge in [-0.05, 0) is 42.5 Å². The minimum atomic E-state index is -4.08. The minimum Gasteiger partial charge on any atom is -0.293 e. The second-order valence-corrected chi connectivity index (χ2v) is 7.77. The number of halogens is 3. The highest BCUT2D eigenvalue weighted by molar-refractivity contribution is 7.92. The van der Waals surface area contributed by atoms with Crippen LogP contribution in [0.5, 0.6) is 0 Å². The van der Waals surface area contributed by atoms with Gasteiger partial charge in [0.2, 0.25) is 0 Å². The smallest absolute Gasteiger partial charge is 0.264 e. The topological polar surface area (TPSA) is 92.5 Å². The minimum absolute atomic E-state index is 0.0530. The third kappa shape index (κ3) is 4.12. The summed E-state index contributed by atoms with van der Waals surface area (Å²) >= 11 is 17.7. The van der Waals surface area contributed by atoms with Crippen LogP contribution in [0.1, 0.15) is 0 Å². The molecule has 3 N–H and O–H groups in total. The number of rotatable bonds is 5. The molecule has 0 aromatic heterocycles. The van der Waals surface area contributed by atoms with Crippen LogP contribution < -0.4 is 15.6 Å². The predicted molar refractivity (Wildman–Crippen MR) is 94.8 cm³/mol. The van der Waals surface area contributed by atoms with E-state index in [1.165, 1.54) is 42.5 Å². The van der Waals surface area contributed by atoms with E-state index >= 15 is 0 Å². The van der Waals surface area contributed by atoms with Crippen LogP contribution >= 0.6 is 34.8 Å². The summed E-state index contributed by atoms with van der Waals surface area (Å²) in [5.74, 6) is 4.36. The largest absolute Gasteiger partial charge is 0.293 e. The van der Waals surface area contributed by atoms with Crippen molar-refractivity contribution < 1.29 is 13.2 Å². The fraction of sp³-hybridized carbons (Fsp3) is 0.0714. The van der Waals surface area contributed by atoms with Gasteiger partial charge in [0, 0.05) is 10.0 Å². The van der Waals surface area contributed by atoms with Crippen molar-refractivity contribution in [2.45, 2.75) is 4.90 Å². The Morgan fingerprint density at radius 1 is 1.04 bits per heavy atom. The van der Waals surface area contributed by atoms with Gasteiger partial charge < -0.3 is 0 Å². The van der Waals surface area contributed by atoms with Crippen molar-refractivity contribution >= 4 is 56.4 Å². The van der Waals surface area contributed by atoms with Gasteiger partial charge in [-0.2, -0.15) is 0 Å². The lowest BCUT2D eigenvalue weighted by Gasteiger charge is -2.24. The van der Waals surface area contributed by atoms with Crippen LogP contribution in [0.4, 0.5) is 5.69 Å². The highest BCUT2D eigenvalue weighted by Crippen LogP contribution is 2.32. The van der Waals surface area contributed by atoms with Crippen LogP contribution in [-0.2, 0) is 14.8 Å². The number of nitrogens with two attached hydrogens (primary N) is 1. The molecule has 0 aliphatic carbocycles. The summed E-state index contributed by atoms with van der Waals surface area (Å²) < 4.78 is 26.7. The van der Waals surface area contributed by atoms with Gasteiger partial charge in [0.05, 0.1) is 15.6 Å². The Labute approximate surface area is 154 Å². The zero-order valence-electron chi connectivity index (χ0n) is 12.0. The van der Waals surface area contributed by atoms with Gasteiger partial charge in [-0.25, -0.2) is 14.3 Å². The average Bonchev–Trinajstić information content (AvgIpc) is 2.53. The van der Waals surface area contributed by atoms with E-state index in [4.69, 9.17) is 40.6 Å². The molecule has 128 valence electrons. The normalized spacial score (nSPS) is 11.2. The van der Waals surface area contributed by atoms with Gasteiger partial charge >= 0.3 is 0 Å². The van der Waals surface area contributed by atoms with Crippen LogP contribution in [0.15, 0.2) is 47.4 Å². The first-order chi connectivity index (χ1) is 11.3. The number of hydrogen-bond donors (Lipinski definition) is 2. The molecular weight excluding hydrogens is 397 g/mol. The summed E-state index contributed by atoms with van der Waals surface area (Å²) in [4.78, 5) is 11.6. The summed E-state index contributed by atoms with van der Waals surface area (Å²) in [5, 5.41) is 0.783. The Hall–Kier alpha value is -1.51. The summed E-state index contributed by atoms with van der Waals surface area (Å²) in [6, 6.07) is 9.76. The molecule has 0 aliphatic rings. The van der Waals surface area contributed by atoms with Gasteiger partial charge in [0.15, 0.2) is 0 Å². The Kier molecular flexibility index (Phi) is 5.95. The fourth-order valence-electron chi connectivity index (χ4n) is 1.89. The van der Waals surface area contributed by atoms with Crippen molar-refractivity contribution in [1.82, 2.24) is 5.43 Å². The highest BCUT2D eigenvalue weighted by Gasteiger charge is 2.28. The zero-order chi connectivity index (χ0) is 17.9. The van der Waals surface area contributed by atoms with Crippen molar-refractivity contribution in [1.29, 1.82) is 0 Å². The van der Waals surface area contributed by atoms with Gasteiger partial charge in [0.25, 0.3) is 15.9 Å². The molecule has 10 heteroatoms. The third-order valence-corrected chi connectivity index (χ3v) is 5.59. The molecule has 0 radical (unpaired) electrons. The number of hydrogen-bond acceptors (Lipinski definition) is 4. The van der Waals surface area contributed by atoms with E-state index in [2.05, 4.69) is 0 Å². The molecule has 2 aromatic rings. The molecular formula is C14H12Cl3N3O3S. The van der Waals surface area contributed by atoms with E-state index in [0.717, 1.165) is 4.31 Å². The summed E-state index contributed by atoms with van der Waals surface area (Å²) in [5.41, 5.74) is 1.99. The van der Waals surface area contributed by atoms with Crippen molar-refractivity contribution in [2.75, 3.05) is 10.8 Å². The van der Waals surface area contributed by atoms with Gasteiger partial charge in [-0.1, -0.05) is 34.8 Å². The molecule has 1 amide bonds. The first kappa shape index (κ1) is 18.8. The number of amides is 1. The Balaban J connectivity index is 2.57. The summed E-state index contributed by atoms with van der Waals surface area (Å²) in [6.07, 6.45) is 0. The van der Waals surface area contributed by atoms with Crippen LogP contribution in [0, 0.1) is 0 Å². The standard InChI is InChI=1S/C14H12Cl3N3O3S/c15-9-1-4-11(5-2-9)24(22,23)20(8-14(21)19-18)13-6-3-10(16)7-12(13)17/h1-7H,8,18H2,(H,19,21). The Morgan fingerprint density at radius 2 is 1.62 bits per heavy atom. The quantitative estimate of drug-likeness (QED) is 0.452. The van der Waals surface area contributed by atoms with E-state index in [1.54, 1.807) is 0 Å². The molecule has 0 unspecified atom stereocenters. The number of carbonyl (C=O) groups excluding carboxylic acids is 1. The number of hydrazine groups is 1. The maximum atomic E-state index is 12.9. The van der Waals surface area contributed by atoms with Crippen molar-refractivity contribution in [3.63, 3.8) is 0 Å². The summed E-state index contributed by atoms with van der Waals surface area (Å²) in [7, 11) is -4.08. The lowest BCUT2D eigenvalue weighted by atomic mass is 10.3. The number of carbonyl (C=O) groups is 1. The van der Waals surface area contributed by atoms with Crippen LogP contribution in [0.2, 0.25) is 15.1 Å². The summed E-state index contributed by atoms with van der Waals surface area (Å²) in [6.45, 7) is -0.553. The molecule has 0 atom stereocenters. The maximum Gasteiger partial charge on any atom is 0.264 e. The first-order valence-electron chi connectivity index (χ1n) is 6.48. The van der Waals surface area contributed by atoms with Crippen LogP contribution in [0.3, 0.4) is 0 Å². The molecule has 0 fully saturated rings. The van der Waals surface area contributed by atoms with Gasteiger partial charge in [-0.15, -0.1) is 0 Å². The van der Waals surface area contributed by atoms with Crippen LogP contribution in [0.25, 0.3) is 0 Å². The predicted octanol–water partition coefficient (Wildman–Crippen LogP) is 2.83. The van der Waals surface area contributed by atoms with Crippen molar-refractivity contribution in [2.24, 2.45) is 5.84 Å². The molecule has 2 aromatic carbocycles. The fourth-order valence-corrected chi connectivity index (χ4v) is 4.02. The number of benzene rings is 2. The van der Waals surface area contributed by atoms with E-state index < -0.39 is 22.5 Å². The van der Waals surface area contributed by atoms with E-state index in [0.29, 0.717) is 10.0 Å². The number of nitrogens with zero attached hydrogens (tertiary/aromatic N) is 1. The second kappa shape index (κ2) is 7.58.